The number of aryl methyl sites for hydroxylation is 9. The predicted octanol–water partition coefficient (Wildman–Crippen LogP) is 16.7. The maximum Gasteiger partial charge on any atom is 0.304 e. The minimum Gasteiger partial charge on any atom is -0.497 e. The number of ether oxygens (including phenoxy) is 5. The van der Waals surface area contributed by atoms with E-state index < -0.39 is 0 Å². The molecule has 4 aliphatic heterocycles. The monoisotopic (exact) mass is 1440 g/mol. The van der Waals surface area contributed by atoms with Gasteiger partial charge in [-0.1, -0.05) is 228 Å². The molecule has 0 radical (unpaired) electrons. The number of hydrogen-bond donors (Lipinski definition) is 0. The summed E-state index contributed by atoms with van der Waals surface area (Å²) in [6, 6.07) is 57.0. The Labute approximate surface area is 636 Å². The molecule has 0 saturated carbocycles. The van der Waals surface area contributed by atoms with Crippen molar-refractivity contribution in [1.29, 1.82) is 0 Å². The van der Waals surface area contributed by atoms with Crippen molar-refractivity contribution < 1.29 is 42.0 Å². The van der Waals surface area contributed by atoms with Gasteiger partial charge >= 0.3 is 23.3 Å². The van der Waals surface area contributed by atoms with Crippen molar-refractivity contribution in [3.05, 3.63) is 301 Å². The van der Waals surface area contributed by atoms with E-state index in [1.54, 1.807) is 7.11 Å². The highest BCUT2D eigenvalue weighted by atomic mass is 16.5. The van der Waals surface area contributed by atoms with Crippen molar-refractivity contribution in [2.24, 2.45) is 0 Å². The van der Waals surface area contributed by atoms with Gasteiger partial charge in [0.05, 0.1) is 7.11 Å². The summed E-state index contributed by atoms with van der Waals surface area (Å²) in [5.41, 5.74) is 26.8. The second-order valence-corrected chi connectivity index (χ2v) is 28.3. The lowest BCUT2D eigenvalue weighted by molar-refractivity contribution is -0.739. The van der Waals surface area contributed by atoms with Crippen molar-refractivity contribution in [1.82, 2.24) is 39.1 Å². The number of rotatable bonds is 5. The molecule has 8 aliphatic rings. The van der Waals surface area contributed by atoms with E-state index in [1.165, 1.54) is 100 Å². The smallest absolute Gasteiger partial charge is 0.304 e. The molecule has 17 heteroatoms. The summed E-state index contributed by atoms with van der Waals surface area (Å²) in [7, 11) is 1.69. The summed E-state index contributed by atoms with van der Waals surface area (Å²) in [5.74, 6) is 4.81. The standard InChI is InChI=1S/2C21H22N3O.C20H20N3O2.C20H20N3O.8CH4/c2*1-13-8-14(2)20(15(3)9-13)24-12-23-19(22-24)11-25-18-10-16-6-4-5-7-17(16)21(18)23;1-13-9-15(24-2)7-8-17(13)23-12-22-19(21-23)11-25-18-10-14-5-3-4-6-16(14)20(18)22;1-13-7-8-17(14(2)9-13)23-12-22-19(21-23)11-24-18-10-15-5-3-4-6-16(15)20(18)22;;;;;;;;/h2*4-9,12,18,21H,10-11H2,1-3H3;3-9,12,18,20H,10-11H2,1-2H3;3-9,12,18,20H,10-11H2,1-2H3;8*1H4/q4*+1;;;;;;;;. The van der Waals surface area contributed by atoms with Gasteiger partial charge in [-0.05, 0) is 164 Å². The Hall–Kier alpha value is -10.0. The lowest BCUT2D eigenvalue weighted by atomic mass is 10.1. The molecule has 17 nitrogen and oxygen atoms in total. The maximum atomic E-state index is 6.14. The Morgan fingerprint density at radius 2 is 0.589 bits per heavy atom. The Morgan fingerprint density at radius 1 is 0.318 bits per heavy atom. The molecule has 0 fully saturated rings. The van der Waals surface area contributed by atoms with Crippen LogP contribution >= 0.6 is 0 Å². The average molecular weight is 1450 g/mol. The van der Waals surface area contributed by atoms with Crippen LogP contribution in [0.4, 0.5) is 0 Å². The highest BCUT2D eigenvalue weighted by Gasteiger charge is 2.48. The molecule has 4 aromatic heterocycles. The molecular formula is C90H116N12O5+4. The van der Waals surface area contributed by atoms with Crippen molar-refractivity contribution in [3.8, 4) is 28.5 Å². The summed E-state index contributed by atoms with van der Waals surface area (Å²) >= 11 is 0. The van der Waals surface area contributed by atoms with Crippen LogP contribution in [0, 0.1) is 62.3 Å². The van der Waals surface area contributed by atoms with Crippen LogP contribution in [0.2, 0.25) is 0 Å². The lowest BCUT2D eigenvalue weighted by Gasteiger charge is -2.23. The van der Waals surface area contributed by atoms with Crippen LogP contribution in [0.5, 0.6) is 5.75 Å². The molecule has 4 aliphatic carbocycles. The Bertz CT molecular complexity index is 4950. The van der Waals surface area contributed by atoms with Gasteiger partial charge in [-0.25, -0.2) is 18.3 Å². The zero-order valence-corrected chi connectivity index (χ0v) is 58.0. The molecule has 0 spiro atoms. The average Bonchev–Trinajstić information content (AvgIpc) is 1.61. The van der Waals surface area contributed by atoms with Crippen LogP contribution in [-0.4, -0.2) is 70.6 Å². The molecule has 562 valence electrons. The second kappa shape index (κ2) is 32.6. The van der Waals surface area contributed by atoms with E-state index in [-0.39, 0.29) is 108 Å². The van der Waals surface area contributed by atoms with Gasteiger partial charge in [0.15, 0.2) is 0 Å². The highest BCUT2D eigenvalue weighted by Crippen LogP contribution is 2.40. The first-order chi connectivity index (χ1) is 48.2. The molecule has 0 saturated heterocycles. The van der Waals surface area contributed by atoms with Crippen molar-refractivity contribution in [2.75, 3.05) is 7.11 Å². The fraction of sp³-hybridized carbons (Fsp3) is 0.378. The van der Waals surface area contributed by atoms with Crippen molar-refractivity contribution >= 4 is 0 Å². The van der Waals surface area contributed by atoms with Gasteiger partial charge in [-0.3, -0.25) is 0 Å². The summed E-state index contributed by atoms with van der Waals surface area (Å²) in [6.45, 7) is 21.5. The van der Waals surface area contributed by atoms with Crippen LogP contribution < -0.4 is 23.0 Å². The SMILES string of the molecule is C.C.C.C.C.C.C.C.COc1ccc(-n2c[n+]3c(n2)COC2Cc4ccccc4C23)c(C)c1.Cc1cc(C)c(-n2c[n+]3c(n2)COC2Cc4ccccc4C23)c(C)c1.Cc1cc(C)c(-n2c[n+]3c(n2)COC2Cc4ccccc4C23)c(C)c1.Cc1ccc(-n2c[n+]3c(n2)COC2Cc4ccccc4C23)c(C)c1. The van der Waals surface area contributed by atoms with Gasteiger partial charge in [0.2, 0.25) is 25.3 Å². The van der Waals surface area contributed by atoms with Gasteiger partial charge < -0.3 is 23.7 Å². The second-order valence-electron chi connectivity index (χ2n) is 28.3. The number of hydrogen-bond acceptors (Lipinski definition) is 9. The first kappa shape index (κ1) is 81.0. The summed E-state index contributed by atoms with van der Waals surface area (Å²) in [5, 5.41) is 19.3. The Balaban J connectivity index is 0.000000161. The van der Waals surface area contributed by atoms with Gasteiger partial charge in [-0.2, -0.15) is 0 Å². The topological polar surface area (TPSA) is 133 Å². The fourth-order valence-corrected chi connectivity index (χ4v) is 17.3. The summed E-state index contributed by atoms with van der Waals surface area (Å²) in [4.78, 5) is 0. The molecule has 8 atom stereocenters. The highest BCUT2D eigenvalue weighted by molar-refractivity contribution is 5.50. The molecule has 0 amide bonds. The fourth-order valence-electron chi connectivity index (χ4n) is 17.3. The van der Waals surface area contributed by atoms with E-state index in [4.69, 9.17) is 44.1 Å². The van der Waals surface area contributed by atoms with Gasteiger partial charge in [-0.15, -0.1) is 0 Å². The third-order valence-corrected chi connectivity index (χ3v) is 21.5. The van der Waals surface area contributed by atoms with Crippen LogP contribution in [-0.2, 0) is 71.1 Å². The van der Waals surface area contributed by atoms with E-state index in [2.05, 4.69) is 245 Å². The van der Waals surface area contributed by atoms with E-state index >= 15 is 0 Å². The number of fused-ring (bicyclic) bond motifs is 20. The largest absolute Gasteiger partial charge is 0.497 e. The first-order valence-electron chi connectivity index (χ1n) is 34.8. The molecule has 0 N–H and O–H groups in total. The number of nitrogens with zero attached hydrogens (tertiary/aromatic N) is 12. The lowest BCUT2D eigenvalue weighted by Crippen LogP contribution is -2.51. The van der Waals surface area contributed by atoms with Crippen LogP contribution in [0.25, 0.3) is 22.7 Å². The number of methoxy groups -OCH3 is 1. The molecule has 8 heterocycles. The van der Waals surface area contributed by atoms with E-state index in [1.807, 2.05) is 36.9 Å². The van der Waals surface area contributed by atoms with Gasteiger partial charge in [0.1, 0.15) is 104 Å². The summed E-state index contributed by atoms with van der Waals surface area (Å²) < 4.78 is 47.1. The number of benzene rings is 8. The zero-order valence-electron chi connectivity index (χ0n) is 58.0. The van der Waals surface area contributed by atoms with Gasteiger partial charge in [0.25, 0.3) is 0 Å². The van der Waals surface area contributed by atoms with E-state index in [0.717, 1.165) is 71.7 Å². The third-order valence-electron chi connectivity index (χ3n) is 21.5. The van der Waals surface area contributed by atoms with E-state index in [9.17, 15) is 0 Å². The molecule has 12 aromatic rings. The molecule has 8 unspecified atom stereocenters. The molecule has 8 aromatic carbocycles. The molecule has 107 heavy (non-hydrogen) atoms. The van der Waals surface area contributed by atoms with Gasteiger partial charge in [0, 0.05) is 46.1 Å². The van der Waals surface area contributed by atoms with Crippen molar-refractivity contribution in [2.45, 2.75) is 222 Å². The normalized spacial score (nSPS) is 19.4. The molecule has 0 bridgehead atoms. The maximum absolute atomic E-state index is 6.14. The first-order valence-corrected chi connectivity index (χ1v) is 34.8. The quantitative estimate of drug-likeness (QED) is 0.154. The minimum absolute atomic E-state index is 0. The van der Waals surface area contributed by atoms with Crippen LogP contribution in [0.3, 0.4) is 0 Å². The number of aromatic nitrogens is 12. The van der Waals surface area contributed by atoms with Crippen molar-refractivity contribution in [3.63, 3.8) is 0 Å². The Morgan fingerprint density at radius 3 is 0.888 bits per heavy atom. The third kappa shape index (κ3) is 14.5. The predicted molar refractivity (Wildman–Crippen MR) is 426 cm³/mol. The van der Waals surface area contributed by atoms with Crippen LogP contribution in [0.15, 0.2) is 183 Å². The minimum atomic E-state index is 0. The summed E-state index contributed by atoms with van der Waals surface area (Å²) in [6.07, 6.45) is 13.3. The zero-order chi connectivity index (χ0) is 67.5. The molecule has 20 rings (SSSR count). The van der Waals surface area contributed by atoms with E-state index in [0.29, 0.717) is 26.4 Å². The molecular weight excluding hydrogens is 1330 g/mol. The Kier molecular flexibility index (Phi) is 24.7. The van der Waals surface area contributed by atoms with Crippen LogP contribution in [0.1, 0.15) is 201 Å².